The van der Waals surface area contributed by atoms with Crippen molar-refractivity contribution in [1.29, 1.82) is 0 Å². The maximum Gasteiger partial charge on any atom is -0.0133 e. The maximum atomic E-state index is 2.12. The highest BCUT2D eigenvalue weighted by Gasteiger charge is 1.71. The van der Waals surface area contributed by atoms with E-state index in [-0.39, 0.29) is 0 Å². The normalized spacial score (nSPS) is 11.8. The van der Waals surface area contributed by atoms with Gasteiger partial charge in [0, 0.05) is 0 Å². The summed E-state index contributed by atoms with van der Waals surface area (Å²) in [6, 6.07) is 0. The summed E-state index contributed by atoms with van der Waals surface area (Å²) in [7, 11) is 0. The molecular weight excluding hydrogens is 96.1 g/mol. The predicted molar refractivity (Wildman–Crippen MR) is 38.5 cm³/mol. The molecule has 0 spiro atoms. The first-order valence-electron chi connectivity index (χ1n) is 2.97. The Morgan fingerprint density at radius 1 is 1.12 bits per heavy atom. The molecule has 0 amide bonds. The van der Waals surface area contributed by atoms with Crippen molar-refractivity contribution in [3.63, 3.8) is 0 Å². The van der Waals surface area contributed by atoms with Gasteiger partial charge in [0.15, 0.2) is 0 Å². The minimum Gasteiger partial charge on any atom is -0.0916 e. The highest BCUT2D eigenvalue weighted by molar-refractivity contribution is 4.97. The van der Waals surface area contributed by atoms with Gasteiger partial charge in [-0.15, -0.1) is 0 Å². The molecule has 0 heteroatoms. The van der Waals surface area contributed by atoms with Crippen molar-refractivity contribution in [1.82, 2.24) is 0 Å². The van der Waals surface area contributed by atoms with Gasteiger partial charge in [-0.05, 0) is 26.7 Å². The van der Waals surface area contributed by atoms with Crippen molar-refractivity contribution in [2.75, 3.05) is 0 Å². The summed E-state index contributed by atoms with van der Waals surface area (Å²) < 4.78 is 0. The van der Waals surface area contributed by atoms with Crippen LogP contribution in [0.1, 0.15) is 20.3 Å². The van der Waals surface area contributed by atoms with Crippen molar-refractivity contribution >= 4 is 0 Å². The number of allylic oxidation sites excluding steroid dienone is 4. The van der Waals surface area contributed by atoms with Gasteiger partial charge in [0.25, 0.3) is 0 Å². The first kappa shape index (κ1) is 7.48. The fourth-order valence-electron chi connectivity index (χ4n) is 0.429. The van der Waals surface area contributed by atoms with Crippen molar-refractivity contribution in [3.05, 3.63) is 30.7 Å². The second-order valence-electron chi connectivity index (χ2n) is 1.57. The minimum atomic E-state index is 1.06. The van der Waals surface area contributed by atoms with Gasteiger partial charge in [0.05, 0.1) is 0 Å². The Morgan fingerprint density at radius 2 is 1.88 bits per heavy atom. The SMILES string of the molecule is CC=C[CH]C/C=C/C. The van der Waals surface area contributed by atoms with Gasteiger partial charge in [0.2, 0.25) is 0 Å². The van der Waals surface area contributed by atoms with E-state index in [2.05, 4.69) is 24.6 Å². The largest absolute Gasteiger partial charge is 0.0916 e. The molecule has 0 rings (SSSR count). The molecule has 0 N–H and O–H groups in total. The fraction of sp³-hybridized carbons (Fsp3) is 0.375. The van der Waals surface area contributed by atoms with E-state index >= 15 is 0 Å². The summed E-state index contributed by atoms with van der Waals surface area (Å²) in [5, 5.41) is 0. The highest BCUT2D eigenvalue weighted by Crippen LogP contribution is 1.89. The Hall–Kier alpha value is -0.520. The van der Waals surface area contributed by atoms with Crippen LogP contribution >= 0.6 is 0 Å². The van der Waals surface area contributed by atoms with Crippen LogP contribution in [0.25, 0.3) is 0 Å². The van der Waals surface area contributed by atoms with Crippen molar-refractivity contribution in [3.8, 4) is 0 Å². The van der Waals surface area contributed by atoms with E-state index < -0.39 is 0 Å². The molecule has 0 nitrogen and oxygen atoms in total. The number of hydrogen-bond acceptors (Lipinski definition) is 0. The molecule has 0 unspecified atom stereocenters. The van der Waals surface area contributed by atoms with Crippen LogP contribution in [0.5, 0.6) is 0 Å². The number of rotatable bonds is 3. The molecule has 0 atom stereocenters. The van der Waals surface area contributed by atoms with Crippen molar-refractivity contribution in [2.24, 2.45) is 0 Å². The fourth-order valence-corrected chi connectivity index (χ4v) is 0.429. The van der Waals surface area contributed by atoms with Crippen LogP contribution in [-0.2, 0) is 0 Å². The van der Waals surface area contributed by atoms with Gasteiger partial charge in [-0.25, -0.2) is 0 Å². The van der Waals surface area contributed by atoms with Gasteiger partial charge < -0.3 is 0 Å². The zero-order valence-electron chi connectivity index (χ0n) is 5.59. The lowest BCUT2D eigenvalue weighted by atomic mass is 10.3. The zero-order valence-corrected chi connectivity index (χ0v) is 5.59. The molecule has 0 aromatic carbocycles. The first-order valence-corrected chi connectivity index (χ1v) is 2.97. The van der Waals surface area contributed by atoms with E-state index in [0.29, 0.717) is 0 Å². The molecule has 0 bridgehead atoms. The average Bonchev–Trinajstić information content (AvgIpc) is 1.81. The van der Waals surface area contributed by atoms with Gasteiger partial charge in [-0.3, -0.25) is 0 Å². The van der Waals surface area contributed by atoms with Crippen LogP contribution in [-0.4, -0.2) is 0 Å². The predicted octanol–water partition coefficient (Wildman–Crippen LogP) is 2.73. The topological polar surface area (TPSA) is 0 Å². The van der Waals surface area contributed by atoms with E-state index in [1.807, 2.05) is 19.9 Å². The molecule has 0 aliphatic heterocycles. The summed E-state index contributed by atoms with van der Waals surface area (Å²) in [5.74, 6) is 0. The monoisotopic (exact) mass is 109 g/mol. The van der Waals surface area contributed by atoms with Crippen LogP contribution < -0.4 is 0 Å². The van der Waals surface area contributed by atoms with E-state index in [9.17, 15) is 0 Å². The Balaban J connectivity index is 2.93. The second kappa shape index (κ2) is 6.48. The Labute approximate surface area is 51.9 Å². The standard InChI is InChI=1S/C8H13/c1-3-5-7-8-6-4-2/h3-7H,8H2,1-2H3/b5-3?,6-4+. The molecule has 0 saturated heterocycles. The summed E-state index contributed by atoms with van der Waals surface area (Å²) in [6.07, 6.45) is 11.4. The molecule has 0 aliphatic rings. The van der Waals surface area contributed by atoms with Gasteiger partial charge in [-0.1, -0.05) is 24.3 Å². The van der Waals surface area contributed by atoms with Crippen LogP contribution in [0.2, 0.25) is 0 Å². The van der Waals surface area contributed by atoms with Crippen LogP contribution in [0, 0.1) is 6.42 Å². The van der Waals surface area contributed by atoms with E-state index in [1.165, 1.54) is 0 Å². The molecule has 0 heterocycles. The lowest BCUT2D eigenvalue weighted by molar-refractivity contribution is 1.28. The third kappa shape index (κ3) is 5.48. The molecule has 0 aromatic rings. The van der Waals surface area contributed by atoms with Crippen LogP contribution in [0.4, 0.5) is 0 Å². The summed E-state index contributed by atoms with van der Waals surface area (Å²) in [6.45, 7) is 4.05. The Kier molecular flexibility index (Phi) is 6.06. The van der Waals surface area contributed by atoms with E-state index in [4.69, 9.17) is 0 Å². The van der Waals surface area contributed by atoms with Crippen LogP contribution in [0.3, 0.4) is 0 Å². The molecule has 0 fully saturated rings. The third-order valence-electron chi connectivity index (χ3n) is 0.836. The maximum absolute atomic E-state index is 2.12. The molecule has 8 heavy (non-hydrogen) atoms. The smallest absolute Gasteiger partial charge is 0.0133 e. The number of unbranched alkanes of at least 4 members (excludes halogenated alkanes) is 1. The second-order valence-corrected chi connectivity index (χ2v) is 1.57. The Morgan fingerprint density at radius 3 is 2.38 bits per heavy atom. The third-order valence-corrected chi connectivity index (χ3v) is 0.836. The molecule has 0 aliphatic carbocycles. The highest BCUT2D eigenvalue weighted by atomic mass is 13.8. The summed E-state index contributed by atoms with van der Waals surface area (Å²) in [4.78, 5) is 0. The van der Waals surface area contributed by atoms with Crippen LogP contribution in [0.15, 0.2) is 24.3 Å². The zero-order chi connectivity index (χ0) is 6.24. The van der Waals surface area contributed by atoms with Gasteiger partial charge in [-0.2, -0.15) is 0 Å². The molecule has 0 saturated carbocycles. The summed E-state index contributed by atoms with van der Waals surface area (Å²) in [5.41, 5.74) is 0. The average molecular weight is 109 g/mol. The first-order chi connectivity index (χ1) is 3.91. The molecule has 1 radical (unpaired) electrons. The Bertz CT molecular complexity index is 66.0. The quantitative estimate of drug-likeness (QED) is 0.386. The van der Waals surface area contributed by atoms with E-state index in [0.717, 1.165) is 6.42 Å². The van der Waals surface area contributed by atoms with Crippen molar-refractivity contribution < 1.29 is 0 Å². The number of hydrogen-bond donors (Lipinski definition) is 0. The molecular formula is C8H13. The lowest BCUT2D eigenvalue weighted by Crippen LogP contribution is -1.62. The van der Waals surface area contributed by atoms with Gasteiger partial charge in [0.1, 0.15) is 0 Å². The van der Waals surface area contributed by atoms with E-state index in [1.54, 1.807) is 0 Å². The minimum absolute atomic E-state index is 1.06. The molecule has 45 valence electrons. The van der Waals surface area contributed by atoms with Gasteiger partial charge >= 0.3 is 0 Å². The lowest BCUT2D eigenvalue weighted by Gasteiger charge is -1.80. The summed E-state index contributed by atoms with van der Waals surface area (Å²) >= 11 is 0. The van der Waals surface area contributed by atoms with Crippen molar-refractivity contribution in [2.45, 2.75) is 20.3 Å². The molecule has 0 aromatic heterocycles.